The molecule has 1 aliphatic heterocycles. The second kappa shape index (κ2) is 5.66. The van der Waals surface area contributed by atoms with E-state index in [1.165, 1.54) is 51.7 Å². The molecule has 0 aromatic carbocycles. The summed E-state index contributed by atoms with van der Waals surface area (Å²) in [5, 5.41) is 3.59. The molecule has 2 aliphatic rings. The Labute approximate surface area is 93.7 Å². The van der Waals surface area contributed by atoms with Crippen molar-refractivity contribution in [3.05, 3.63) is 12.2 Å². The monoisotopic (exact) mass is 208 g/mol. The van der Waals surface area contributed by atoms with Crippen molar-refractivity contribution >= 4 is 0 Å². The Kier molecular flexibility index (Phi) is 4.21. The molecular formula is C13H24N2. The van der Waals surface area contributed by atoms with Crippen LogP contribution in [-0.2, 0) is 0 Å². The molecule has 0 aromatic heterocycles. The first-order valence-corrected chi connectivity index (χ1v) is 6.54. The van der Waals surface area contributed by atoms with Crippen LogP contribution in [0, 0.1) is 0 Å². The van der Waals surface area contributed by atoms with Gasteiger partial charge in [0.2, 0.25) is 0 Å². The fraction of sp³-hybridized carbons (Fsp3) is 0.846. The Morgan fingerprint density at radius 1 is 1.33 bits per heavy atom. The number of nitrogens with zero attached hydrogens (tertiary/aromatic N) is 1. The quantitative estimate of drug-likeness (QED) is 0.712. The highest BCUT2D eigenvalue weighted by atomic mass is 15.2. The largest absolute Gasteiger partial charge is 0.313 e. The maximum absolute atomic E-state index is 3.59. The van der Waals surface area contributed by atoms with E-state index in [-0.39, 0.29) is 0 Å². The third-order valence-electron chi connectivity index (χ3n) is 3.72. The van der Waals surface area contributed by atoms with Gasteiger partial charge in [0.1, 0.15) is 0 Å². The van der Waals surface area contributed by atoms with Crippen LogP contribution in [0.1, 0.15) is 39.0 Å². The van der Waals surface area contributed by atoms with Crippen molar-refractivity contribution < 1.29 is 0 Å². The summed E-state index contributed by atoms with van der Waals surface area (Å²) >= 11 is 0. The van der Waals surface area contributed by atoms with E-state index in [1.807, 2.05) is 0 Å². The molecule has 15 heavy (non-hydrogen) atoms. The van der Waals surface area contributed by atoms with E-state index in [0.29, 0.717) is 6.04 Å². The fourth-order valence-electron chi connectivity index (χ4n) is 2.79. The SMILES string of the molecule is CCN(CC1CCCN1)C1C=CCCC1. The predicted octanol–water partition coefficient (Wildman–Crippen LogP) is 2.17. The van der Waals surface area contributed by atoms with Crippen molar-refractivity contribution in [3.8, 4) is 0 Å². The molecule has 2 atom stereocenters. The standard InChI is InChI=1S/C13H24N2/c1-2-15(11-12-7-6-10-14-12)13-8-4-3-5-9-13/h4,8,12-14H,2-3,5-7,9-11H2,1H3. The molecule has 0 aromatic rings. The Balaban J connectivity index is 1.84. The molecule has 2 heteroatoms. The number of nitrogens with one attached hydrogen (secondary N) is 1. The Hall–Kier alpha value is -0.340. The van der Waals surface area contributed by atoms with Crippen molar-refractivity contribution in [2.45, 2.75) is 51.1 Å². The summed E-state index contributed by atoms with van der Waals surface area (Å²) in [6.07, 6.45) is 11.5. The van der Waals surface area contributed by atoms with Gasteiger partial charge >= 0.3 is 0 Å². The highest BCUT2D eigenvalue weighted by molar-refractivity contribution is 4.99. The van der Waals surface area contributed by atoms with Gasteiger partial charge in [-0.15, -0.1) is 0 Å². The minimum absolute atomic E-state index is 0.714. The van der Waals surface area contributed by atoms with Crippen LogP contribution in [-0.4, -0.2) is 36.6 Å². The third-order valence-corrected chi connectivity index (χ3v) is 3.72. The average molecular weight is 208 g/mol. The van der Waals surface area contributed by atoms with Crippen LogP contribution in [0.4, 0.5) is 0 Å². The van der Waals surface area contributed by atoms with Gasteiger partial charge in [-0.05, 0) is 45.2 Å². The van der Waals surface area contributed by atoms with Crippen LogP contribution in [0.3, 0.4) is 0 Å². The molecule has 2 unspecified atom stereocenters. The van der Waals surface area contributed by atoms with Gasteiger partial charge in [-0.1, -0.05) is 19.1 Å². The van der Waals surface area contributed by atoms with E-state index in [4.69, 9.17) is 0 Å². The van der Waals surface area contributed by atoms with Gasteiger partial charge in [-0.25, -0.2) is 0 Å². The van der Waals surface area contributed by atoms with Crippen LogP contribution in [0.15, 0.2) is 12.2 Å². The lowest BCUT2D eigenvalue weighted by Gasteiger charge is -2.32. The van der Waals surface area contributed by atoms with Crippen LogP contribution in [0.25, 0.3) is 0 Å². The minimum atomic E-state index is 0.714. The predicted molar refractivity (Wildman–Crippen MR) is 65.1 cm³/mol. The lowest BCUT2D eigenvalue weighted by molar-refractivity contribution is 0.206. The van der Waals surface area contributed by atoms with E-state index in [2.05, 4.69) is 29.3 Å². The average Bonchev–Trinajstić information content (AvgIpc) is 2.80. The summed E-state index contributed by atoms with van der Waals surface area (Å²) in [5.74, 6) is 0. The lowest BCUT2D eigenvalue weighted by Crippen LogP contribution is -2.43. The van der Waals surface area contributed by atoms with Gasteiger partial charge in [0.15, 0.2) is 0 Å². The van der Waals surface area contributed by atoms with Crippen LogP contribution >= 0.6 is 0 Å². The van der Waals surface area contributed by atoms with Crippen molar-refractivity contribution in [1.29, 1.82) is 0 Å². The van der Waals surface area contributed by atoms with Gasteiger partial charge in [-0.2, -0.15) is 0 Å². The highest BCUT2D eigenvalue weighted by Gasteiger charge is 2.21. The first kappa shape index (κ1) is 11.2. The summed E-state index contributed by atoms with van der Waals surface area (Å²) in [6, 6.07) is 1.46. The Morgan fingerprint density at radius 3 is 2.87 bits per heavy atom. The maximum Gasteiger partial charge on any atom is 0.0278 e. The summed E-state index contributed by atoms with van der Waals surface area (Å²) < 4.78 is 0. The van der Waals surface area contributed by atoms with Gasteiger partial charge < -0.3 is 5.32 Å². The molecule has 1 N–H and O–H groups in total. The zero-order chi connectivity index (χ0) is 10.5. The Morgan fingerprint density at radius 2 is 2.27 bits per heavy atom. The first-order chi connectivity index (χ1) is 7.40. The van der Waals surface area contributed by atoms with Crippen molar-refractivity contribution in [1.82, 2.24) is 10.2 Å². The van der Waals surface area contributed by atoms with Gasteiger partial charge in [-0.3, -0.25) is 4.90 Å². The highest BCUT2D eigenvalue weighted by Crippen LogP contribution is 2.18. The van der Waals surface area contributed by atoms with E-state index >= 15 is 0 Å². The number of hydrogen-bond acceptors (Lipinski definition) is 2. The molecule has 1 fully saturated rings. The van der Waals surface area contributed by atoms with Gasteiger partial charge in [0.05, 0.1) is 0 Å². The summed E-state index contributed by atoms with van der Waals surface area (Å²) in [6.45, 7) is 5.94. The molecule has 0 amide bonds. The molecule has 2 rings (SSSR count). The van der Waals surface area contributed by atoms with E-state index in [9.17, 15) is 0 Å². The zero-order valence-electron chi connectivity index (χ0n) is 9.91. The van der Waals surface area contributed by atoms with Crippen molar-refractivity contribution in [2.24, 2.45) is 0 Å². The number of hydrogen-bond donors (Lipinski definition) is 1. The third kappa shape index (κ3) is 3.05. The number of rotatable bonds is 4. The van der Waals surface area contributed by atoms with Gasteiger partial charge in [0.25, 0.3) is 0 Å². The molecule has 1 saturated heterocycles. The van der Waals surface area contributed by atoms with Gasteiger partial charge in [0, 0.05) is 18.6 Å². The fourth-order valence-corrected chi connectivity index (χ4v) is 2.79. The lowest BCUT2D eigenvalue weighted by atomic mass is 10.0. The molecule has 1 aliphatic carbocycles. The summed E-state index contributed by atoms with van der Waals surface area (Å²) in [5.41, 5.74) is 0. The second-order valence-electron chi connectivity index (χ2n) is 4.81. The number of allylic oxidation sites excluding steroid dienone is 1. The maximum atomic E-state index is 3.59. The van der Waals surface area contributed by atoms with E-state index in [0.717, 1.165) is 6.04 Å². The molecule has 0 spiro atoms. The second-order valence-corrected chi connectivity index (χ2v) is 4.81. The molecule has 0 bridgehead atoms. The first-order valence-electron chi connectivity index (χ1n) is 6.54. The minimum Gasteiger partial charge on any atom is -0.313 e. The smallest absolute Gasteiger partial charge is 0.0278 e. The molecule has 2 nitrogen and oxygen atoms in total. The van der Waals surface area contributed by atoms with Crippen molar-refractivity contribution in [2.75, 3.05) is 19.6 Å². The summed E-state index contributed by atoms with van der Waals surface area (Å²) in [4.78, 5) is 2.64. The Bertz CT molecular complexity index is 207. The normalized spacial score (nSPS) is 31.3. The number of likely N-dealkylation sites (N-methyl/N-ethyl adjacent to an activating group) is 1. The topological polar surface area (TPSA) is 15.3 Å². The molecular weight excluding hydrogens is 184 g/mol. The molecule has 0 saturated carbocycles. The van der Waals surface area contributed by atoms with E-state index < -0.39 is 0 Å². The molecule has 1 heterocycles. The van der Waals surface area contributed by atoms with Crippen LogP contribution in [0.5, 0.6) is 0 Å². The zero-order valence-corrected chi connectivity index (χ0v) is 9.91. The molecule has 0 radical (unpaired) electrons. The van der Waals surface area contributed by atoms with E-state index in [1.54, 1.807) is 0 Å². The van der Waals surface area contributed by atoms with Crippen LogP contribution in [0.2, 0.25) is 0 Å². The summed E-state index contributed by atoms with van der Waals surface area (Å²) in [7, 11) is 0. The van der Waals surface area contributed by atoms with Crippen molar-refractivity contribution in [3.63, 3.8) is 0 Å². The van der Waals surface area contributed by atoms with Crippen LogP contribution < -0.4 is 5.32 Å². The molecule has 86 valence electrons.